The molecule has 6 heteroatoms. The normalized spacial score (nSPS) is 12.8. The van der Waals surface area contributed by atoms with Crippen LogP contribution >= 0.6 is 0 Å². The molecule has 0 aliphatic rings. The minimum Gasteiger partial charge on any atom is -0.462 e. The Labute approximate surface area is 300 Å². The Balaban J connectivity index is 4.53. The van der Waals surface area contributed by atoms with Crippen LogP contribution in [0.2, 0.25) is 0 Å². The zero-order valence-electron chi connectivity index (χ0n) is 31.4. The van der Waals surface area contributed by atoms with Gasteiger partial charge in [0.1, 0.15) is 13.2 Å². The van der Waals surface area contributed by atoms with Crippen LogP contribution in [0.4, 0.5) is 0 Å². The van der Waals surface area contributed by atoms with Gasteiger partial charge in [-0.2, -0.15) is 0 Å². The molecule has 0 aromatic carbocycles. The van der Waals surface area contributed by atoms with Crippen LogP contribution in [0.5, 0.6) is 0 Å². The van der Waals surface area contributed by atoms with Crippen LogP contribution < -0.4 is 0 Å². The van der Waals surface area contributed by atoms with E-state index in [0.29, 0.717) is 19.3 Å². The molecule has 0 fully saturated rings. The third-order valence-corrected chi connectivity index (χ3v) is 7.69. The van der Waals surface area contributed by atoms with Gasteiger partial charge in [0.15, 0.2) is 6.10 Å². The molecule has 0 amide bonds. The Bertz CT molecular complexity index is 971. The molecule has 278 valence electrons. The van der Waals surface area contributed by atoms with Gasteiger partial charge in [-0.15, -0.1) is 0 Å². The quantitative estimate of drug-likeness (QED) is 0.0297. The zero-order valence-corrected chi connectivity index (χ0v) is 31.4. The van der Waals surface area contributed by atoms with Crippen LogP contribution in [-0.4, -0.2) is 37.2 Å². The fourth-order valence-electron chi connectivity index (χ4n) is 4.80. The third-order valence-electron chi connectivity index (χ3n) is 7.69. The molecule has 0 bridgehead atoms. The lowest BCUT2D eigenvalue weighted by Crippen LogP contribution is -2.30. The SMILES string of the molecule is CC/C=C\C/C=C\CCCCC(=O)OCC(COC(=O)CC/C=C\C/C=C\CCCCCCCC)OC(=O)CCCC/C=C\C/C=C\CC. The van der Waals surface area contributed by atoms with Crippen molar-refractivity contribution in [2.45, 2.75) is 168 Å². The summed E-state index contributed by atoms with van der Waals surface area (Å²) in [5, 5.41) is 0. The van der Waals surface area contributed by atoms with E-state index in [1.54, 1.807) is 0 Å². The number of hydrogen-bond donors (Lipinski definition) is 0. The summed E-state index contributed by atoms with van der Waals surface area (Å²) in [6.45, 7) is 6.22. The van der Waals surface area contributed by atoms with E-state index >= 15 is 0 Å². The average Bonchev–Trinajstić information content (AvgIpc) is 3.10. The first kappa shape index (κ1) is 45.9. The molecule has 0 saturated heterocycles. The van der Waals surface area contributed by atoms with Crippen LogP contribution in [0.25, 0.3) is 0 Å². The Hall–Kier alpha value is -3.15. The van der Waals surface area contributed by atoms with Crippen molar-refractivity contribution >= 4 is 17.9 Å². The molecule has 0 spiro atoms. The van der Waals surface area contributed by atoms with Crippen molar-refractivity contribution in [1.29, 1.82) is 0 Å². The molecule has 0 saturated carbocycles. The van der Waals surface area contributed by atoms with E-state index in [4.69, 9.17) is 14.2 Å². The minimum absolute atomic E-state index is 0.124. The van der Waals surface area contributed by atoms with E-state index < -0.39 is 6.10 Å². The van der Waals surface area contributed by atoms with Gasteiger partial charge in [-0.1, -0.05) is 126 Å². The fraction of sp³-hybridized carbons (Fsp3) is 0.651. The highest BCUT2D eigenvalue weighted by Gasteiger charge is 2.19. The molecule has 0 aliphatic carbocycles. The predicted octanol–water partition coefficient (Wildman–Crippen LogP) is 12.0. The van der Waals surface area contributed by atoms with Crippen molar-refractivity contribution in [3.05, 3.63) is 72.9 Å². The molecule has 1 atom stereocenters. The molecular weight excluding hydrogens is 612 g/mol. The molecule has 1 unspecified atom stereocenters. The lowest BCUT2D eigenvalue weighted by molar-refractivity contribution is -0.166. The van der Waals surface area contributed by atoms with Crippen LogP contribution in [0.1, 0.15) is 162 Å². The largest absolute Gasteiger partial charge is 0.462 e. The first-order chi connectivity index (χ1) is 24.0. The summed E-state index contributed by atoms with van der Waals surface area (Å²) in [7, 11) is 0. The highest BCUT2D eigenvalue weighted by molar-refractivity contribution is 5.71. The molecule has 0 aromatic heterocycles. The Morgan fingerprint density at radius 1 is 0.429 bits per heavy atom. The second kappa shape index (κ2) is 37.7. The third kappa shape index (κ3) is 36.0. The highest BCUT2D eigenvalue weighted by atomic mass is 16.6. The Morgan fingerprint density at radius 2 is 0.837 bits per heavy atom. The first-order valence-corrected chi connectivity index (χ1v) is 19.4. The lowest BCUT2D eigenvalue weighted by Gasteiger charge is -2.18. The molecule has 0 radical (unpaired) electrons. The van der Waals surface area contributed by atoms with Crippen molar-refractivity contribution in [1.82, 2.24) is 0 Å². The number of carbonyl (C=O) groups is 3. The van der Waals surface area contributed by atoms with Gasteiger partial charge in [-0.25, -0.2) is 0 Å². The van der Waals surface area contributed by atoms with Crippen molar-refractivity contribution < 1.29 is 28.6 Å². The van der Waals surface area contributed by atoms with Crippen LogP contribution in [0.15, 0.2) is 72.9 Å². The summed E-state index contributed by atoms with van der Waals surface area (Å²) < 4.78 is 16.4. The summed E-state index contributed by atoms with van der Waals surface area (Å²) in [4.78, 5) is 37.3. The number of hydrogen-bond acceptors (Lipinski definition) is 6. The van der Waals surface area contributed by atoms with Crippen molar-refractivity contribution in [3.8, 4) is 0 Å². The molecule has 0 rings (SSSR count). The van der Waals surface area contributed by atoms with Gasteiger partial charge in [0.05, 0.1) is 0 Å². The van der Waals surface area contributed by atoms with E-state index in [9.17, 15) is 14.4 Å². The van der Waals surface area contributed by atoms with Gasteiger partial charge in [0.25, 0.3) is 0 Å². The van der Waals surface area contributed by atoms with Crippen LogP contribution in [-0.2, 0) is 28.6 Å². The second-order valence-corrected chi connectivity index (χ2v) is 12.4. The average molecular weight is 683 g/mol. The summed E-state index contributed by atoms with van der Waals surface area (Å²) >= 11 is 0. The Kier molecular flexibility index (Phi) is 35.2. The van der Waals surface area contributed by atoms with E-state index in [1.165, 1.54) is 38.5 Å². The number of carbonyl (C=O) groups excluding carboxylic acids is 3. The number of ether oxygens (including phenoxy) is 3. The number of rotatable bonds is 33. The van der Waals surface area contributed by atoms with E-state index in [-0.39, 0.29) is 44.0 Å². The van der Waals surface area contributed by atoms with Gasteiger partial charge in [0, 0.05) is 19.3 Å². The van der Waals surface area contributed by atoms with Crippen molar-refractivity contribution in [3.63, 3.8) is 0 Å². The molecule has 0 aliphatic heterocycles. The van der Waals surface area contributed by atoms with Gasteiger partial charge < -0.3 is 14.2 Å². The summed E-state index contributed by atoms with van der Waals surface area (Å²) in [6, 6.07) is 0. The van der Waals surface area contributed by atoms with Crippen LogP contribution in [0.3, 0.4) is 0 Å². The molecule has 6 nitrogen and oxygen atoms in total. The maximum absolute atomic E-state index is 12.6. The summed E-state index contributed by atoms with van der Waals surface area (Å²) in [6.07, 6.45) is 45.0. The highest BCUT2D eigenvalue weighted by Crippen LogP contribution is 2.10. The van der Waals surface area contributed by atoms with E-state index in [0.717, 1.165) is 70.6 Å². The molecule has 0 heterocycles. The predicted molar refractivity (Wildman–Crippen MR) is 205 cm³/mol. The minimum atomic E-state index is -0.822. The maximum Gasteiger partial charge on any atom is 0.306 e. The second-order valence-electron chi connectivity index (χ2n) is 12.4. The zero-order chi connectivity index (χ0) is 35.9. The number of esters is 3. The van der Waals surface area contributed by atoms with Crippen LogP contribution in [0, 0.1) is 0 Å². The van der Waals surface area contributed by atoms with Gasteiger partial charge >= 0.3 is 17.9 Å². The Morgan fingerprint density at radius 3 is 1.35 bits per heavy atom. The standard InChI is InChI=1S/C43H70O6/c1-4-7-10-13-16-19-20-21-22-25-27-30-33-36-42(45)48-39-40(49-43(46)37-34-31-28-24-18-15-12-9-6-3)38-47-41(44)35-32-29-26-23-17-14-11-8-5-2/h8-9,11-12,17-18,21-24,27,30,40H,4-7,10,13-16,19-20,25-26,28-29,31-39H2,1-3H3/b11-8-,12-9-,22-21-,23-17-,24-18-,30-27-. The molecular formula is C43H70O6. The summed E-state index contributed by atoms with van der Waals surface area (Å²) in [5.41, 5.74) is 0. The smallest absolute Gasteiger partial charge is 0.306 e. The monoisotopic (exact) mass is 683 g/mol. The first-order valence-electron chi connectivity index (χ1n) is 19.4. The van der Waals surface area contributed by atoms with Gasteiger partial charge in [-0.05, 0) is 89.9 Å². The number of unbranched alkanes of at least 4 members (excludes halogenated alkanes) is 10. The lowest BCUT2D eigenvalue weighted by atomic mass is 10.1. The fourth-order valence-corrected chi connectivity index (χ4v) is 4.80. The van der Waals surface area contributed by atoms with Gasteiger partial charge in [0.2, 0.25) is 0 Å². The summed E-state index contributed by atoms with van der Waals surface area (Å²) in [5.74, 6) is -1.08. The molecule has 0 N–H and O–H groups in total. The topological polar surface area (TPSA) is 78.9 Å². The van der Waals surface area contributed by atoms with Crippen molar-refractivity contribution in [2.75, 3.05) is 13.2 Å². The molecule has 49 heavy (non-hydrogen) atoms. The molecule has 0 aromatic rings. The van der Waals surface area contributed by atoms with Gasteiger partial charge in [-0.3, -0.25) is 14.4 Å². The maximum atomic E-state index is 12.6. The van der Waals surface area contributed by atoms with Crippen molar-refractivity contribution in [2.24, 2.45) is 0 Å². The van der Waals surface area contributed by atoms with E-state index in [2.05, 4.69) is 87.6 Å². The number of allylic oxidation sites excluding steroid dienone is 12. The van der Waals surface area contributed by atoms with E-state index in [1.807, 2.05) is 6.08 Å².